The molecule has 2 rings (SSSR count). The first-order valence-corrected chi connectivity index (χ1v) is 8.20. The van der Waals surface area contributed by atoms with E-state index in [1.807, 2.05) is 43.3 Å². The van der Waals surface area contributed by atoms with Gasteiger partial charge in [-0.2, -0.15) is 0 Å². The van der Waals surface area contributed by atoms with Crippen molar-refractivity contribution in [1.29, 1.82) is 0 Å². The van der Waals surface area contributed by atoms with E-state index in [2.05, 4.69) is 11.9 Å². The van der Waals surface area contributed by atoms with E-state index in [1.165, 1.54) is 19.3 Å². The van der Waals surface area contributed by atoms with Gasteiger partial charge in [0.2, 0.25) is 0 Å². The molecule has 3 nitrogen and oxygen atoms in total. The number of benzene rings is 1. The number of H-pyrrole nitrogens is 1. The van der Waals surface area contributed by atoms with Crippen LogP contribution < -0.4 is 0 Å². The molecule has 0 aliphatic heterocycles. The van der Waals surface area contributed by atoms with Gasteiger partial charge in [-0.3, -0.25) is 0 Å². The van der Waals surface area contributed by atoms with Gasteiger partial charge >= 0.3 is 5.97 Å². The molecular formula is C19H25NO2. The second kappa shape index (κ2) is 8.42. The number of aryl methyl sites for hydroxylation is 1. The molecule has 0 unspecified atom stereocenters. The Morgan fingerprint density at radius 1 is 1.09 bits per heavy atom. The Labute approximate surface area is 132 Å². The fraction of sp³-hybridized carbons (Fsp3) is 0.421. The summed E-state index contributed by atoms with van der Waals surface area (Å²) in [6.07, 6.45) is 5.83. The van der Waals surface area contributed by atoms with Gasteiger partial charge in [-0.15, -0.1) is 0 Å². The highest BCUT2D eigenvalue weighted by Gasteiger charge is 2.17. The first kappa shape index (κ1) is 16.3. The Morgan fingerprint density at radius 3 is 2.55 bits per heavy atom. The van der Waals surface area contributed by atoms with Gasteiger partial charge in [0.15, 0.2) is 0 Å². The second-order valence-corrected chi connectivity index (χ2v) is 5.48. The molecule has 118 valence electrons. The fourth-order valence-electron chi connectivity index (χ4n) is 2.59. The third-order valence-corrected chi connectivity index (χ3v) is 3.73. The Balaban J connectivity index is 2.22. The summed E-state index contributed by atoms with van der Waals surface area (Å²) >= 11 is 0. The van der Waals surface area contributed by atoms with E-state index < -0.39 is 0 Å². The molecule has 1 heterocycles. The Bertz CT molecular complexity index is 587. The maximum absolute atomic E-state index is 12.2. The van der Waals surface area contributed by atoms with Crippen molar-refractivity contribution in [3.8, 4) is 11.3 Å². The molecular weight excluding hydrogens is 274 g/mol. The Morgan fingerprint density at radius 2 is 1.86 bits per heavy atom. The summed E-state index contributed by atoms with van der Waals surface area (Å²) in [6.45, 7) is 4.43. The van der Waals surface area contributed by atoms with Gasteiger partial charge in [-0.25, -0.2) is 4.79 Å². The van der Waals surface area contributed by atoms with Crippen LogP contribution in [-0.4, -0.2) is 17.6 Å². The molecule has 1 aromatic heterocycles. The van der Waals surface area contributed by atoms with E-state index in [0.717, 1.165) is 29.8 Å². The van der Waals surface area contributed by atoms with Crippen LogP contribution in [0, 0.1) is 0 Å². The zero-order valence-electron chi connectivity index (χ0n) is 13.5. The van der Waals surface area contributed by atoms with Gasteiger partial charge in [0, 0.05) is 5.69 Å². The Hall–Kier alpha value is -2.03. The van der Waals surface area contributed by atoms with Crippen LogP contribution in [0.4, 0.5) is 0 Å². The van der Waals surface area contributed by atoms with Gasteiger partial charge in [0.25, 0.3) is 0 Å². The predicted octanol–water partition coefficient (Wildman–Crippen LogP) is 4.98. The minimum Gasteiger partial charge on any atom is -0.462 e. The van der Waals surface area contributed by atoms with Crippen LogP contribution in [0.25, 0.3) is 11.3 Å². The first-order valence-electron chi connectivity index (χ1n) is 8.20. The number of rotatable bonds is 8. The van der Waals surface area contributed by atoms with Gasteiger partial charge in [-0.05, 0) is 31.4 Å². The number of aromatic amines is 1. The van der Waals surface area contributed by atoms with Crippen molar-refractivity contribution in [2.24, 2.45) is 0 Å². The van der Waals surface area contributed by atoms with E-state index in [1.54, 1.807) is 0 Å². The monoisotopic (exact) mass is 299 g/mol. The molecule has 0 aliphatic rings. The number of carbonyl (C=O) groups excluding carboxylic acids is 1. The lowest BCUT2D eigenvalue weighted by atomic mass is 10.1. The average molecular weight is 299 g/mol. The van der Waals surface area contributed by atoms with Gasteiger partial charge in [-0.1, -0.05) is 56.5 Å². The van der Waals surface area contributed by atoms with Crippen molar-refractivity contribution in [2.45, 2.75) is 46.0 Å². The van der Waals surface area contributed by atoms with Crippen LogP contribution in [-0.2, 0) is 11.2 Å². The van der Waals surface area contributed by atoms with Crippen LogP contribution >= 0.6 is 0 Å². The van der Waals surface area contributed by atoms with Crippen molar-refractivity contribution in [2.75, 3.05) is 6.61 Å². The lowest BCUT2D eigenvalue weighted by molar-refractivity contribution is 0.0527. The van der Waals surface area contributed by atoms with E-state index in [4.69, 9.17) is 4.74 Å². The molecule has 0 spiro atoms. The van der Waals surface area contributed by atoms with Crippen molar-refractivity contribution < 1.29 is 9.53 Å². The number of carbonyl (C=O) groups is 1. The topological polar surface area (TPSA) is 42.1 Å². The highest BCUT2D eigenvalue weighted by Crippen LogP contribution is 2.25. The zero-order chi connectivity index (χ0) is 15.8. The number of ether oxygens (including phenoxy) is 1. The minimum absolute atomic E-state index is 0.252. The molecule has 2 aromatic rings. The van der Waals surface area contributed by atoms with Crippen LogP contribution in [0.5, 0.6) is 0 Å². The molecule has 1 N–H and O–H groups in total. The summed E-state index contributed by atoms with van der Waals surface area (Å²) in [4.78, 5) is 15.6. The summed E-state index contributed by atoms with van der Waals surface area (Å²) in [6, 6.07) is 11.9. The predicted molar refractivity (Wildman–Crippen MR) is 90.0 cm³/mol. The molecule has 0 fully saturated rings. The summed E-state index contributed by atoms with van der Waals surface area (Å²) in [5.41, 5.74) is 3.63. The number of aromatic nitrogens is 1. The summed E-state index contributed by atoms with van der Waals surface area (Å²) in [7, 11) is 0. The minimum atomic E-state index is -0.252. The number of hydrogen-bond acceptors (Lipinski definition) is 2. The second-order valence-electron chi connectivity index (χ2n) is 5.48. The molecule has 1 aromatic carbocycles. The van der Waals surface area contributed by atoms with Crippen LogP contribution in [0.15, 0.2) is 36.4 Å². The average Bonchev–Trinajstić information content (AvgIpc) is 2.97. The third kappa shape index (κ3) is 4.23. The van der Waals surface area contributed by atoms with Gasteiger partial charge in [0.1, 0.15) is 0 Å². The maximum atomic E-state index is 12.2. The maximum Gasteiger partial charge on any atom is 0.340 e. The molecule has 22 heavy (non-hydrogen) atoms. The normalized spacial score (nSPS) is 10.6. The first-order chi connectivity index (χ1) is 10.8. The number of hydrogen-bond donors (Lipinski definition) is 1. The van der Waals surface area contributed by atoms with Crippen LogP contribution in [0.2, 0.25) is 0 Å². The van der Waals surface area contributed by atoms with Crippen molar-refractivity contribution in [3.63, 3.8) is 0 Å². The SMILES string of the molecule is CCCCCCc1cc(C(=O)OCC)c(-c2ccccc2)[nH]1. The molecule has 0 saturated heterocycles. The molecule has 3 heteroatoms. The molecule has 0 radical (unpaired) electrons. The number of nitrogens with one attached hydrogen (secondary N) is 1. The summed E-state index contributed by atoms with van der Waals surface area (Å²) < 4.78 is 5.19. The molecule has 0 saturated carbocycles. The zero-order valence-corrected chi connectivity index (χ0v) is 13.5. The van der Waals surface area contributed by atoms with E-state index in [-0.39, 0.29) is 5.97 Å². The molecule has 0 atom stereocenters. The van der Waals surface area contributed by atoms with E-state index in [0.29, 0.717) is 12.2 Å². The summed E-state index contributed by atoms with van der Waals surface area (Å²) in [5, 5.41) is 0. The highest BCUT2D eigenvalue weighted by atomic mass is 16.5. The quantitative estimate of drug-likeness (QED) is 0.551. The molecule has 0 bridgehead atoms. The largest absolute Gasteiger partial charge is 0.462 e. The number of unbranched alkanes of at least 4 members (excludes halogenated alkanes) is 3. The van der Waals surface area contributed by atoms with E-state index in [9.17, 15) is 4.79 Å². The van der Waals surface area contributed by atoms with Gasteiger partial charge in [0.05, 0.1) is 17.9 Å². The van der Waals surface area contributed by atoms with Crippen LogP contribution in [0.3, 0.4) is 0 Å². The lowest BCUT2D eigenvalue weighted by Crippen LogP contribution is -2.04. The smallest absolute Gasteiger partial charge is 0.340 e. The highest BCUT2D eigenvalue weighted by molar-refractivity contribution is 5.96. The fourth-order valence-corrected chi connectivity index (χ4v) is 2.59. The van der Waals surface area contributed by atoms with Crippen molar-refractivity contribution in [1.82, 2.24) is 4.98 Å². The molecule has 0 amide bonds. The molecule has 0 aliphatic carbocycles. The van der Waals surface area contributed by atoms with Crippen molar-refractivity contribution >= 4 is 5.97 Å². The van der Waals surface area contributed by atoms with E-state index >= 15 is 0 Å². The number of esters is 1. The van der Waals surface area contributed by atoms with Gasteiger partial charge < -0.3 is 9.72 Å². The van der Waals surface area contributed by atoms with Crippen LogP contribution in [0.1, 0.15) is 55.6 Å². The third-order valence-electron chi connectivity index (χ3n) is 3.73. The Kier molecular flexibility index (Phi) is 6.26. The van der Waals surface area contributed by atoms with Crippen molar-refractivity contribution in [3.05, 3.63) is 47.7 Å². The summed E-state index contributed by atoms with van der Waals surface area (Å²) in [5.74, 6) is -0.252. The lowest BCUT2D eigenvalue weighted by Gasteiger charge is -2.03. The standard InChI is InChI=1S/C19H25NO2/c1-3-5-6-10-13-16-14-17(19(21)22-4-2)18(20-16)15-11-8-7-9-12-15/h7-9,11-12,14,20H,3-6,10,13H2,1-2H3.